The van der Waals surface area contributed by atoms with Crippen LogP contribution in [-0.4, -0.2) is 6.54 Å². The second kappa shape index (κ2) is 17.3. The Morgan fingerprint density at radius 1 is 0.737 bits per heavy atom. The molecule has 6 nitrogen and oxygen atoms in total. The number of nitroso groups, excluding NO2 is 1. The molecular formula is C13H31N5O. The molecule has 0 heterocycles. The second-order valence-electron chi connectivity index (χ2n) is 4.92. The molecular weight excluding hydrogens is 242 g/mol. The number of rotatable bonds is 16. The van der Waals surface area contributed by atoms with E-state index in [0.717, 1.165) is 13.0 Å². The van der Waals surface area contributed by atoms with Crippen molar-refractivity contribution < 1.29 is 0 Å². The van der Waals surface area contributed by atoms with Crippen LogP contribution in [0.2, 0.25) is 0 Å². The third-order valence-corrected chi connectivity index (χ3v) is 3.16. The third-order valence-electron chi connectivity index (χ3n) is 3.16. The predicted octanol–water partition coefficient (Wildman–Crippen LogP) is 3.08. The molecule has 4 N–H and O–H groups in total. The van der Waals surface area contributed by atoms with Crippen molar-refractivity contribution in [2.45, 2.75) is 77.6 Å². The highest BCUT2D eigenvalue weighted by atomic mass is 16.3. The third kappa shape index (κ3) is 17.3. The first kappa shape index (κ1) is 18.3. The summed E-state index contributed by atoms with van der Waals surface area (Å²) in [6, 6.07) is 0. The summed E-state index contributed by atoms with van der Waals surface area (Å²) in [5.41, 5.74) is 9.97. The lowest BCUT2D eigenvalue weighted by atomic mass is 10.1. The van der Waals surface area contributed by atoms with Gasteiger partial charge in [0, 0.05) is 6.54 Å². The van der Waals surface area contributed by atoms with Crippen molar-refractivity contribution in [3.05, 3.63) is 4.91 Å². The van der Waals surface area contributed by atoms with Gasteiger partial charge in [-0.2, -0.15) is 11.1 Å². The Bertz CT molecular complexity index is 180. The van der Waals surface area contributed by atoms with Gasteiger partial charge in [0.15, 0.2) is 0 Å². The minimum atomic E-state index is 0.880. The number of nitrogens with zero attached hydrogens (tertiary/aromatic N) is 1. The molecule has 0 atom stereocenters. The van der Waals surface area contributed by atoms with E-state index < -0.39 is 0 Å². The van der Waals surface area contributed by atoms with Gasteiger partial charge in [-0.25, -0.2) is 5.43 Å². The van der Waals surface area contributed by atoms with Gasteiger partial charge in [-0.3, -0.25) is 0 Å². The number of hydrazine groups is 3. The Hall–Kier alpha value is -0.720. The number of unbranched alkanes of at least 4 members (excludes halogenated alkanes) is 10. The zero-order valence-electron chi connectivity index (χ0n) is 12.3. The van der Waals surface area contributed by atoms with Crippen LogP contribution in [0.5, 0.6) is 0 Å². The molecule has 0 saturated carbocycles. The number of hydrogen-bond acceptors (Lipinski definition) is 5. The molecule has 0 aromatic heterocycles. The predicted molar refractivity (Wildman–Crippen MR) is 79.7 cm³/mol. The average molecular weight is 273 g/mol. The average Bonchev–Trinajstić information content (AvgIpc) is 2.43. The summed E-state index contributed by atoms with van der Waals surface area (Å²) in [5.74, 6) is 0. The van der Waals surface area contributed by atoms with E-state index in [4.69, 9.17) is 0 Å². The van der Waals surface area contributed by atoms with E-state index in [1.54, 1.807) is 0 Å². The van der Waals surface area contributed by atoms with Crippen molar-refractivity contribution in [2.75, 3.05) is 6.54 Å². The monoisotopic (exact) mass is 273 g/mol. The van der Waals surface area contributed by atoms with Crippen LogP contribution in [0.3, 0.4) is 0 Å². The molecule has 0 aliphatic carbocycles. The molecule has 0 fully saturated rings. The lowest BCUT2D eigenvalue weighted by Crippen LogP contribution is -2.48. The first-order valence-corrected chi connectivity index (χ1v) is 7.72. The first-order chi connectivity index (χ1) is 9.41. The van der Waals surface area contributed by atoms with Gasteiger partial charge < -0.3 is 0 Å². The molecule has 0 aromatic rings. The summed E-state index contributed by atoms with van der Waals surface area (Å²) < 4.78 is 0. The van der Waals surface area contributed by atoms with Crippen LogP contribution >= 0.6 is 0 Å². The standard InChI is InChI=1S/C13H31N5O/c1-2-3-4-5-6-7-8-9-10-11-12-13-14-15-16-17-18-19/h2-13H2,1H3,(H2,14,16,18)(H2,15,17,19). The minimum Gasteiger partial charge on any atom is -0.243 e. The Morgan fingerprint density at radius 2 is 1.26 bits per heavy atom. The van der Waals surface area contributed by atoms with Crippen LogP contribution in [0, 0.1) is 4.91 Å². The second-order valence-corrected chi connectivity index (χ2v) is 4.92. The summed E-state index contributed by atoms with van der Waals surface area (Å²) in [5, 5.41) is 2.42. The minimum absolute atomic E-state index is 0.880. The lowest BCUT2D eigenvalue weighted by Gasteiger charge is -2.06. The summed E-state index contributed by atoms with van der Waals surface area (Å²) in [7, 11) is 0. The number of nitrogens with one attached hydrogen (secondary N) is 4. The van der Waals surface area contributed by atoms with Crippen LogP contribution in [0.25, 0.3) is 0 Å². The zero-order valence-corrected chi connectivity index (χ0v) is 12.3. The lowest BCUT2D eigenvalue weighted by molar-refractivity contribution is 0.370. The van der Waals surface area contributed by atoms with Gasteiger partial charge in [-0.05, 0) is 6.42 Å². The highest BCUT2D eigenvalue weighted by Gasteiger charge is 1.92. The Balaban J connectivity index is 2.89. The molecule has 6 heteroatoms. The van der Waals surface area contributed by atoms with E-state index in [2.05, 4.69) is 28.7 Å². The topological polar surface area (TPSA) is 77.5 Å². The Kier molecular flexibility index (Phi) is 16.6. The highest BCUT2D eigenvalue weighted by Crippen LogP contribution is 2.10. The normalized spacial score (nSPS) is 10.6. The SMILES string of the molecule is CCCCCCCCCCCCCNNNNN=O. The molecule has 0 radical (unpaired) electrons. The van der Waals surface area contributed by atoms with E-state index in [1.165, 1.54) is 64.2 Å². The maximum atomic E-state index is 9.65. The zero-order chi connectivity index (χ0) is 14.0. The fraction of sp³-hybridized carbons (Fsp3) is 1.00. The Morgan fingerprint density at radius 3 is 1.79 bits per heavy atom. The molecule has 0 aromatic carbocycles. The molecule has 0 bridgehead atoms. The van der Waals surface area contributed by atoms with Crippen LogP contribution in [-0.2, 0) is 0 Å². The summed E-state index contributed by atoms with van der Waals surface area (Å²) in [6.45, 7) is 3.14. The summed E-state index contributed by atoms with van der Waals surface area (Å²) in [4.78, 5) is 9.65. The van der Waals surface area contributed by atoms with Gasteiger partial charge in [0.05, 0.1) is 5.29 Å². The van der Waals surface area contributed by atoms with Crippen molar-refractivity contribution in [3.63, 3.8) is 0 Å². The van der Waals surface area contributed by atoms with Gasteiger partial charge in [-0.1, -0.05) is 71.1 Å². The molecule has 0 rings (SSSR count). The van der Waals surface area contributed by atoms with Gasteiger partial charge in [-0.15, -0.1) is 10.4 Å². The highest BCUT2D eigenvalue weighted by molar-refractivity contribution is 4.48. The fourth-order valence-electron chi connectivity index (χ4n) is 2.04. The number of hydrogen-bond donors (Lipinski definition) is 4. The molecule has 114 valence electrons. The van der Waals surface area contributed by atoms with E-state index in [1.807, 2.05) is 5.53 Å². The van der Waals surface area contributed by atoms with E-state index >= 15 is 0 Å². The Labute approximate surface area is 117 Å². The van der Waals surface area contributed by atoms with Gasteiger partial charge in [0.1, 0.15) is 0 Å². The van der Waals surface area contributed by atoms with E-state index in [-0.39, 0.29) is 0 Å². The van der Waals surface area contributed by atoms with Gasteiger partial charge >= 0.3 is 0 Å². The molecule has 0 amide bonds. The van der Waals surface area contributed by atoms with Crippen LogP contribution in [0.1, 0.15) is 77.6 Å². The molecule has 0 saturated heterocycles. The molecule has 0 spiro atoms. The summed E-state index contributed by atoms with van der Waals surface area (Å²) >= 11 is 0. The molecule has 19 heavy (non-hydrogen) atoms. The summed E-state index contributed by atoms with van der Waals surface area (Å²) in [6.07, 6.45) is 14.8. The molecule has 0 aliphatic heterocycles. The van der Waals surface area contributed by atoms with Crippen molar-refractivity contribution in [1.29, 1.82) is 0 Å². The molecule has 0 aliphatic rings. The smallest absolute Gasteiger partial charge is 0.0668 e. The van der Waals surface area contributed by atoms with Crippen LogP contribution in [0.15, 0.2) is 5.29 Å². The van der Waals surface area contributed by atoms with Crippen molar-refractivity contribution in [1.82, 2.24) is 22.0 Å². The largest absolute Gasteiger partial charge is 0.243 e. The fourth-order valence-corrected chi connectivity index (χ4v) is 2.04. The van der Waals surface area contributed by atoms with Gasteiger partial charge in [0.2, 0.25) is 0 Å². The van der Waals surface area contributed by atoms with Crippen molar-refractivity contribution in [3.8, 4) is 0 Å². The van der Waals surface area contributed by atoms with Crippen LogP contribution in [0.4, 0.5) is 0 Å². The first-order valence-electron chi connectivity index (χ1n) is 7.72. The van der Waals surface area contributed by atoms with Crippen molar-refractivity contribution >= 4 is 0 Å². The van der Waals surface area contributed by atoms with E-state index in [0.29, 0.717) is 0 Å². The van der Waals surface area contributed by atoms with Crippen LogP contribution < -0.4 is 22.0 Å². The molecule has 0 unspecified atom stereocenters. The maximum absolute atomic E-state index is 9.65. The maximum Gasteiger partial charge on any atom is 0.0668 e. The van der Waals surface area contributed by atoms with Gasteiger partial charge in [0.25, 0.3) is 0 Å². The quantitative estimate of drug-likeness (QED) is 0.197. The van der Waals surface area contributed by atoms with E-state index in [9.17, 15) is 4.91 Å². The van der Waals surface area contributed by atoms with Crippen molar-refractivity contribution in [2.24, 2.45) is 5.29 Å².